The molecule has 0 N–H and O–H groups in total. The fourth-order valence-electron chi connectivity index (χ4n) is 2.36. The predicted octanol–water partition coefficient (Wildman–Crippen LogP) is 5.13. The Labute approximate surface area is 145 Å². The van der Waals surface area contributed by atoms with E-state index < -0.39 is 14.1 Å². The third-order valence-corrected chi connectivity index (χ3v) is 9.73. The Morgan fingerprint density at radius 3 is 2.14 bits per heavy atom. The molecule has 0 aliphatic carbocycles. The molecule has 126 valence electrons. The van der Waals surface area contributed by atoms with Gasteiger partial charge in [-0.1, -0.05) is 43.4 Å². The molecule has 5 heteroatoms. The van der Waals surface area contributed by atoms with E-state index in [0.717, 1.165) is 30.3 Å². The first kappa shape index (κ1) is 19.9. The molecule has 1 aliphatic rings. The summed E-state index contributed by atoms with van der Waals surface area (Å²) >= 11 is 2.42. The van der Waals surface area contributed by atoms with Crippen LogP contribution >= 0.6 is 22.6 Å². The molecule has 0 saturated carbocycles. The number of ether oxygens (including phenoxy) is 2. The molecule has 0 aromatic heterocycles. The Kier molecular flexibility index (Phi) is 7.19. The van der Waals surface area contributed by atoms with Crippen LogP contribution in [0.15, 0.2) is 0 Å². The minimum atomic E-state index is -1.65. The van der Waals surface area contributed by atoms with Crippen LogP contribution in [-0.4, -0.2) is 37.3 Å². The van der Waals surface area contributed by atoms with Gasteiger partial charge in [0, 0.05) is 17.5 Å². The summed E-state index contributed by atoms with van der Waals surface area (Å²) in [5.41, 5.74) is 0. The van der Waals surface area contributed by atoms with Gasteiger partial charge in [-0.2, -0.15) is 0 Å². The summed E-state index contributed by atoms with van der Waals surface area (Å²) in [7, 11) is -1.65. The molecule has 1 aliphatic heterocycles. The minimum absolute atomic E-state index is 0.256. The van der Waals surface area contributed by atoms with Crippen molar-refractivity contribution in [2.45, 2.75) is 90.0 Å². The van der Waals surface area contributed by atoms with Gasteiger partial charge in [0.2, 0.25) is 0 Å². The monoisotopic (exact) mass is 428 g/mol. The van der Waals surface area contributed by atoms with Crippen molar-refractivity contribution in [3.63, 3.8) is 0 Å². The fraction of sp³-hybridized carbons (Fsp3) is 1.00. The van der Waals surface area contributed by atoms with Crippen LogP contribution in [-0.2, 0) is 13.9 Å². The first-order chi connectivity index (χ1) is 9.47. The summed E-state index contributed by atoms with van der Waals surface area (Å²) in [5.74, 6) is -0.462. The van der Waals surface area contributed by atoms with E-state index in [1.54, 1.807) is 0 Å². The summed E-state index contributed by atoms with van der Waals surface area (Å²) in [5, 5.41) is 0.270. The lowest BCUT2D eigenvalue weighted by Crippen LogP contribution is -2.46. The molecular formula is C16H33IO3Si. The molecular weight excluding hydrogens is 395 g/mol. The van der Waals surface area contributed by atoms with E-state index in [1.165, 1.54) is 0 Å². The number of hydrogen-bond donors (Lipinski definition) is 0. The zero-order chi connectivity index (χ0) is 16.3. The summed E-state index contributed by atoms with van der Waals surface area (Å²) in [6.07, 6.45) is 3.65. The second kappa shape index (κ2) is 7.60. The van der Waals surface area contributed by atoms with Crippen LogP contribution in [0.25, 0.3) is 0 Å². The summed E-state index contributed by atoms with van der Waals surface area (Å²) in [6.45, 7) is 16.3. The Balaban J connectivity index is 2.47. The summed E-state index contributed by atoms with van der Waals surface area (Å²) < 4.78 is 19.5. The van der Waals surface area contributed by atoms with Crippen molar-refractivity contribution < 1.29 is 13.9 Å². The largest absolute Gasteiger partial charge is 0.417 e. The molecule has 2 atom stereocenters. The topological polar surface area (TPSA) is 27.7 Å². The molecule has 0 spiro atoms. The van der Waals surface area contributed by atoms with Crippen LogP contribution in [0.4, 0.5) is 0 Å². The molecule has 1 fully saturated rings. The molecule has 0 radical (unpaired) electrons. The molecule has 0 aromatic rings. The van der Waals surface area contributed by atoms with Gasteiger partial charge < -0.3 is 13.9 Å². The van der Waals surface area contributed by atoms with Crippen molar-refractivity contribution in [2.75, 3.05) is 11.0 Å². The van der Waals surface area contributed by atoms with E-state index in [0.29, 0.717) is 6.10 Å². The zero-order valence-corrected chi connectivity index (χ0v) is 18.0. The average molecular weight is 428 g/mol. The SMILES string of the molecule is CC1(C)O[C@H](CCI)C[C@H](CCO[Si](C)(C)C(C)(C)C)O1. The Morgan fingerprint density at radius 2 is 1.67 bits per heavy atom. The first-order valence-corrected chi connectivity index (χ1v) is 12.5. The first-order valence-electron chi connectivity index (χ1n) is 8.02. The smallest absolute Gasteiger partial charge is 0.191 e. The minimum Gasteiger partial charge on any atom is -0.417 e. The Morgan fingerprint density at radius 1 is 1.14 bits per heavy atom. The molecule has 0 amide bonds. The molecule has 3 nitrogen and oxygen atoms in total. The number of halogens is 1. The van der Waals surface area contributed by atoms with E-state index in [2.05, 4.69) is 56.5 Å². The van der Waals surface area contributed by atoms with Crippen molar-refractivity contribution in [3.8, 4) is 0 Å². The van der Waals surface area contributed by atoms with Gasteiger partial charge in [-0.05, 0) is 44.8 Å². The zero-order valence-electron chi connectivity index (χ0n) is 14.8. The van der Waals surface area contributed by atoms with Crippen LogP contribution in [0.1, 0.15) is 53.9 Å². The van der Waals surface area contributed by atoms with Crippen LogP contribution < -0.4 is 0 Å². The van der Waals surface area contributed by atoms with E-state index in [1.807, 2.05) is 13.8 Å². The standard InChI is InChI=1S/C16H33IO3Si/c1-15(2,3)21(6,7)18-11-9-14-12-13(8-10-17)19-16(4,5)20-14/h13-14H,8-12H2,1-7H3/t13-,14+/m1/s1. The van der Waals surface area contributed by atoms with Crippen molar-refractivity contribution in [3.05, 3.63) is 0 Å². The normalized spacial score (nSPS) is 26.9. The van der Waals surface area contributed by atoms with Gasteiger partial charge in [0.1, 0.15) is 0 Å². The van der Waals surface area contributed by atoms with Gasteiger partial charge in [0.15, 0.2) is 14.1 Å². The lowest BCUT2D eigenvalue weighted by molar-refractivity contribution is -0.300. The molecule has 1 heterocycles. The highest BCUT2D eigenvalue weighted by molar-refractivity contribution is 14.1. The number of hydrogen-bond acceptors (Lipinski definition) is 3. The highest BCUT2D eigenvalue weighted by Crippen LogP contribution is 2.37. The lowest BCUT2D eigenvalue weighted by atomic mass is 10.0. The van der Waals surface area contributed by atoms with Gasteiger partial charge in [-0.25, -0.2) is 0 Å². The van der Waals surface area contributed by atoms with E-state index >= 15 is 0 Å². The predicted molar refractivity (Wildman–Crippen MR) is 99.7 cm³/mol. The van der Waals surface area contributed by atoms with Crippen molar-refractivity contribution >= 4 is 30.9 Å². The van der Waals surface area contributed by atoms with Crippen molar-refractivity contribution in [1.29, 1.82) is 0 Å². The second-order valence-corrected chi connectivity index (χ2v) is 13.9. The molecule has 1 saturated heterocycles. The molecule has 0 unspecified atom stereocenters. The third-order valence-electron chi connectivity index (χ3n) is 4.57. The van der Waals surface area contributed by atoms with Crippen LogP contribution in [0.2, 0.25) is 18.1 Å². The lowest BCUT2D eigenvalue weighted by Gasteiger charge is -2.41. The van der Waals surface area contributed by atoms with Gasteiger partial charge in [-0.15, -0.1) is 0 Å². The van der Waals surface area contributed by atoms with Crippen molar-refractivity contribution in [2.24, 2.45) is 0 Å². The highest BCUT2D eigenvalue weighted by Gasteiger charge is 2.38. The second-order valence-electron chi connectivity index (χ2n) is 7.99. The number of alkyl halides is 1. The fourth-order valence-corrected chi connectivity index (χ4v) is 4.11. The van der Waals surface area contributed by atoms with E-state index in [-0.39, 0.29) is 11.1 Å². The van der Waals surface area contributed by atoms with Gasteiger partial charge in [0.25, 0.3) is 0 Å². The number of rotatable bonds is 6. The van der Waals surface area contributed by atoms with Crippen LogP contribution in [0.5, 0.6) is 0 Å². The Bertz CT molecular complexity index is 326. The molecule has 21 heavy (non-hydrogen) atoms. The van der Waals surface area contributed by atoms with Crippen LogP contribution in [0, 0.1) is 0 Å². The molecule has 1 rings (SSSR count). The Hall–Kier alpha value is 0.827. The van der Waals surface area contributed by atoms with Gasteiger partial charge in [-0.3, -0.25) is 0 Å². The maximum absolute atomic E-state index is 6.28. The van der Waals surface area contributed by atoms with Crippen molar-refractivity contribution in [1.82, 2.24) is 0 Å². The van der Waals surface area contributed by atoms with Gasteiger partial charge >= 0.3 is 0 Å². The average Bonchev–Trinajstić information content (AvgIpc) is 2.25. The molecule has 0 bridgehead atoms. The highest BCUT2D eigenvalue weighted by atomic mass is 127. The maximum atomic E-state index is 6.28. The molecule has 0 aromatic carbocycles. The summed E-state index contributed by atoms with van der Waals surface area (Å²) in [6, 6.07) is 0. The van der Waals surface area contributed by atoms with E-state index in [9.17, 15) is 0 Å². The summed E-state index contributed by atoms with van der Waals surface area (Å²) in [4.78, 5) is 0. The quantitative estimate of drug-likeness (QED) is 0.333. The van der Waals surface area contributed by atoms with Crippen LogP contribution in [0.3, 0.4) is 0 Å². The van der Waals surface area contributed by atoms with Gasteiger partial charge in [0.05, 0.1) is 12.2 Å². The third kappa shape index (κ3) is 6.45. The van der Waals surface area contributed by atoms with E-state index in [4.69, 9.17) is 13.9 Å². The maximum Gasteiger partial charge on any atom is 0.191 e.